The molecule has 1 aromatic heterocycles. The Kier molecular flexibility index (Phi) is 7.13. The number of fused-ring (bicyclic) bond motifs is 1. The topological polar surface area (TPSA) is 34.1 Å². The van der Waals surface area contributed by atoms with Crippen LogP contribution in [0.3, 0.4) is 0 Å². The lowest BCUT2D eigenvalue weighted by atomic mass is 10.1. The zero-order valence-corrected chi connectivity index (χ0v) is 13.9. The first-order valence-corrected chi connectivity index (χ1v) is 8.80. The van der Waals surface area contributed by atoms with Crippen molar-refractivity contribution in [2.75, 3.05) is 19.8 Å². The summed E-state index contributed by atoms with van der Waals surface area (Å²) in [5, 5.41) is 4.89. The molecule has 0 amide bonds. The number of para-hydroxylation sites is 1. The van der Waals surface area contributed by atoms with Crippen molar-refractivity contribution in [1.82, 2.24) is 10.3 Å². The highest BCUT2D eigenvalue weighted by molar-refractivity contribution is 7.18. The average molecular weight is 306 g/mol. The van der Waals surface area contributed by atoms with E-state index in [1.807, 2.05) is 18.3 Å². The van der Waals surface area contributed by atoms with Gasteiger partial charge in [-0.3, -0.25) is 0 Å². The van der Waals surface area contributed by atoms with Gasteiger partial charge in [-0.25, -0.2) is 4.98 Å². The van der Waals surface area contributed by atoms with Gasteiger partial charge in [0, 0.05) is 25.7 Å². The normalized spacial score (nSPS) is 12.9. The Morgan fingerprint density at radius 3 is 2.90 bits per heavy atom. The second kappa shape index (κ2) is 9.13. The number of ether oxygens (including phenoxy) is 1. The lowest BCUT2D eigenvalue weighted by Gasteiger charge is -2.17. The summed E-state index contributed by atoms with van der Waals surface area (Å²) in [4.78, 5) is 4.75. The van der Waals surface area contributed by atoms with Crippen LogP contribution in [0.15, 0.2) is 24.3 Å². The van der Waals surface area contributed by atoms with Crippen molar-refractivity contribution in [3.05, 3.63) is 29.3 Å². The molecule has 2 rings (SSSR count). The van der Waals surface area contributed by atoms with Crippen LogP contribution in [0.4, 0.5) is 0 Å². The Labute approximate surface area is 131 Å². The Balaban J connectivity index is 1.92. The molecule has 0 fully saturated rings. The third-order valence-electron chi connectivity index (χ3n) is 3.49. The first-order chi connectivity index (χ1) is 10.3. The van der Waals surface area contributed by atoms with Crippen molar-refractivity contribution < 1.29 is 4.74 Å². The van der Waals surface area contributed by atoms with E-state index in [4.69, 9.17) is 9.72 Å². The minimum Gasteiger partial charge on any atom is -0.382 e. The van der Waals surface area contributed by atoms with Gasteiger partial charge in [0.25, 0.3) is 0 Å². The zero-order valence-electron chi connectivity index (χ0n) is 13.1. The summed E-state index contributed by atoms with van der Waals surface area (Å²) in [5.74, 6) is 0. The average Bonchev–Trinajstić information content (AvgIpc) is 2.91. The Morgan fingerprint density at radius 1 is 1.29 bits per heavy atom. The number of nitrogens with zero attached hydrogens (tertiary/aromatic N) is 1. The zero-order chi connectivity index (χ0) is 14.9. The molecule has 0 spiro atoms. The molecule has 1 aromatic carbocycles. The Morgan fingerprint density at radius 2 is 2.14 bits per heavy atom. The van der Waals surface area contributed by atoms with Crippen molar-refractivity contribution in [1.29, 1.82) is 0 Å². The van der Waals surface area contributed by atoms with Gasteiger partial charge in [0.05, 0.1) is 15.2 Å². The van der Waals surface area contributed by atoms with Gasteiger partial charge in [-0.1, -0.05) is 19.1 Å². The van der Waals surface area contributed by atoms with Gasteiger partial charge in [0.2, 0.25) is 0 Å². The van der Waals surface area contributed by atoms with E-state index in [0.29, 0.717) is 6.04 Å². The molecule has 4 heteroatoms. The summed E-state index contributed by atoms with van der Waals surface area (Å²) in [5.41, 5.74) is 1.13. The maximum absolute atomic E-state index is 5.45. The fourth-order valence-corrected chi connectivity index (χ4v) is 3.47. The number of hydrogen-bond acceptors (Lipinski definition) is 4. The van der Waals surface area contributed by atoms with E-state index in [0.717, 1.165) is 44.5 Å². The van der Waals surface area contributed by atoms with Crippen LogP contribution in [0.5, 0.6) is 0 Å². The van der Waals surface area contributed by atoms with Crippen molar-refractivity contribution in [3.8, 4) is 0 Å². The van der Waals surface area contributed by atoms with Crippen LogP contribution in [0, 0.1) is 0 Å². The molecule has 0 aliphatic heterocycles. The van der Waals surface area contributed by atoms with Crippen molar-refractivity contribution >= 4 is 21.6 Å². The van der Waals surface area contributed by atoms with E-state index in [9.17, 15) is 0 Å². The summed E-state index contributed by atoms with van der Waals surface area (Å²) >= 11 is 1.82. The summed E-state index contributed by atoms with van der Waals surface area (Å²) in [7, 11) is 0. The van der Waals surface area contributed by atoms with Crippen LogP contribution in [0.25, 0.3) is 10.2 Å². The number of rotatable bonds is 10. The van der Waals surface area contributed by atoms with Crippen molar-refractivity contribution in [2.45, 2.75) is 45.6 Å². The standard InChI is InChI=1S/C17H26N2OS/c1-3-11-18-14(8-7-12-20-4-2)13-17-19-15-9-5-6-10-16(15)21-17/h5-6,9-10,14,18H,3-4,7-8,11-13H2,1-2H3. The number of thiazole rings is 1. The van der Waals surface area contributed by atoms with E-state index in [-0.39, 0.29) is 0 Å². The minimum absolute atomic E-state index is 0.506. The summed E-state index contributed by atoms with van der Waals surface area (Å²) < 4.78 is 6.73. The van der Waals surface area contributed by atoms with Gasteiger partial charge in [-0.2, -0.15) is 0 Å². The third-order valence-corrected chi connectivity index (χ3v) is 4.55. The molecule has 0 bridgehead atoms. The van der Waals surface area contributed by atoms with E-state index < -0.39 is 0 Å². The molecule has 0 saturated heterocycles. The van der Waals surface area contributed by atoms with E-state index in [1.54, 1.807) is 0 Å². The molecular formula is C17H26N2OS. The monoisotopic (exact) mass is 306 g/mol. The molecule has 0 aliphatic rings. The third kappa shape index (κ3) is 5.38. The van der Waals surface area contributed by atoms with Gasteiger partial charge in [-0.05, 0) is 44.9 Å². The van der Waals surface area contributed by atoms with Crippen molar-refractivity contribution in [3.63, 3.8) is 0 Å². The van der Waals surface area contributed by atoms with Crippen molar-refractivity contribution in [2.24, 2.45) is 0 Å². The highest BCUT2D eigenvalue weighted by Crippen LogP contribution is 2.23. The molecular weight excluding hydrogens is 280 g/mol. The number of nitrogens with one attached hydrogen (secondary N) is 1. The predicted octanol–water partition coefficient (Wildman–Crippen LogP) is 4.02. The molecule has 0 saturated carbocycles. The lowest BCUT2D eigenvalue weighted by molar-refractivity contribution is 0.140. The fourth-order valence-electron chi connectivity index (χ4n) is 2.42. The first kappa shape index (κ1) is 16.4. The maximum Gasteiger partial charge on any atom is 0.0954 e. The number of benzene rings is 1. The molecule has 3 nitrogen and oxygen atoms in total. The Bertz CT molecular complexity index is 493. The van der Waals surface area contributed by atoms with E-state index >= 15 is 0 Å². The predicted molar refractivity (Wildman–Crippen MR) is 91.1 cm³/mol. The lowest BCUT2D eigenvalue weighted by Crippen LogP contribution is -2.32. The summed E-state index contributed by atoms with van der Waals surface area (Å²) in [6, 6.07) is 8.89. The highest BCUT2D eigenvalue weighted by Gasteiger charge is 2.12. The first-order valence-electron chi connectivity index (χ1n) is 7.99. The second-order valence-electron chi connectivity index (χ2n) is 5.27. The maximum atomic E-state index is 5.45. The largest absolute Gasteiger partial charge is 0.382 e. The Hall–Kier alpha value is -0.970. The molecule has 1 N–H and O–H groups in total. The molecule has 0 aliphatic carbocycles. The molecule has 116 valence electrons. The van der Waals surface area contributed by atoms with Gasteiger partial charge in [0.15, 0.2) is 0 Å². The molecule has 2 aromatic rings. The summed E-state index contributed by atoms with van der Waals surface area (Å²) in [6.45, 7) is 7.01. The fraction of sp³-hybridized carbons (Fsp3) is 0.588. The minimum atomic E-state index is 0.506. The van der Waals surface area contributed by atoms with Crippen LogP contribution in [-0.2, 0) is 11.2 Å². The van der Waals surface area contributed by atoms with Crippen LogP contribution in [0.2, 0.25) is 0 Å². The molecule has 1 unspecified atom stereocenters. The molecule has 21 heavy (non-hydrogen) atoms. The van der Waals surface area contributed by atoms with Crippen LogP contribution in [-0.4, -0.2) is 30.8 Å². The summed E-state index contributed by atoms with van der Waals surface area (Å²) in [6.07, 6.45) is 4.45. The molecule has 1 heterocycles. The highest BCUT2D eigenvalue weighted by atomic mass is 32.1. The van der Waals surface area contributed by atoms with Crippen LogP contribution < -0.4 is 5.32 Å². The number of aromatic nitrogens is 1. The number of hydrogen-bond donors (Lipinski definition) is 1. The van der Waals surface area contributed by atoms with Gasteiger partial charge in [-0.15, -0.1) is 11.3 Å². The molecule has 0 radical (unpaired) electrons. The van der Waals surface area contributed by atoms with Gasteiger partial charge >= 0.3 is 0 Å². The molecule has 1 atom stereocenters. The SMILES string of the molecule is CCCNC(CCCOCC)Cc1nc2ccccc2s1. The van der Waals surface area contributed by atoms with E-state index in [1.165, 1.54) is 16.1 Å². The quantitative estimate of drug-likeness (QED) is 0.673. The van der Waals surface area contributed by atoms with Gasteiger partial charge in [0.1, 0.15) is 0 Å². The van der Waals surface area contributed by atoms with Crippen LogP contribution >= 0.6 is 11.3 Å². The van der Waals surface area contributed by atoms with Gasteiger partial charge < -0.3 is 10.1 Å². The van der Waals surface area contributed by atoms with E-state index in [2.05, 4.69) is 36.5 Å². The van der Waals surface area contributed by atoms with Crippen LogP contribution in [0.1, 0.15) is 38.1 Å². The smallest absolute Gasteiger partial charge is 0.0954 e. The second-order valence-corrected chi connectivity index (χ2v) is 6.38.